The second-order valence-corrected chi connectivity index (χ2v) is 7.51. The van der Waals surface area contributed by atoms with E-state index in [9.17, 15) is 5.11 Å². The first-order chi connectivity index (χ1) is 6.52. The van der Waals surface area contributed by atoms with Gasteiger partial charge in [0.15, 0.2) is 0 Å². The van der Waals surface area contributed by atoms with Crippen molar-refractivity contribution in [3.63, 3.8) is 0 Å². The number of hydrogen-bond donors (Lipinski definition) is 1. The van der Waals surface area contributed by atoms with Gasteiger partial charge in [-0.1, -0.05) is 47.7 Å². The van der Waals surface area contributed by atoms with Crippen molar-refractivity contribution in [2.45, 2.75) is 39.0 Å². The molecule has 1 aromatic carbocycles. The molecule has 0 radical (unpaired) electrons. The van der Waals surface area contributed by atoms with Crippen molar-refractivity contribution in [3.8, 4) is 5.75 Å². The summed E-state index contributed by atoms with van der Waals surface area (Å²) in [7, 11) is -0.0973. The van der Waals surface area contributed by atoms with E-state index in [1.54, 1.807) is 12.1 Å². The van der Waals surface area contributed by atoms with E-state index in [0.717, 1.165) is 0 Å². The van der Waals surface area contributed by atoms with Crippen LogP contribution in [0.4, 0.5) is 0 Å². The molecule has 0 bridgehead atoms. The highest BCUT2D eigenvalue weighted by Gasteiger charge is 2.18. The van der Waals surface area contributed by atoms with Crippen LogP contribution < -0.4 is 5.30 Å². The summed E-state index contributed by atoms with van der Waals surface area (Å²) in [5, 5.41) is 10.6. The summed E-state index contributed by atoms with van der Waals surface area (Å²) in [6, 6.07) is 7.69. The van der Waals surface area contributed by atoms with E-state index in [-0.39, 0.29) is 7.92 Å². The molecule has 0 aliphatic heterocycles. The van der Waals surface area contributed by atoms with Gasteiger partial charge in [0.1, 0.15) is 5.75 Å². The van der Waals surface area contributed by atoms with Crippen molar-refractivity contribution < 1.29 is 5.11 Å². The van der Waals surface area contributed by atoms with Crippen molar-refractivity contribution in [2.75, 3.05) is 0 Å². The Morgan fingerprint density at radius 1 is 0.929 bits per heavy atom. The van der Waals surface area contributed by atoms with Crippen LogP contribution in [-0.4, -0.2) is 16.4 Å². The molecule has 0 aliphatic rings. The molecule has 14 heavy (non-hydrogen) atoms. The third kappa shape index (κ3) is 2.72. The van der Waals surface area contributed by atoms with Crippen LogP contribution in [0.3, 0.4) is 0 Å². The van der Waals surface area contributed by atoms with Gasteiger partial charge in [-0.05, 0) is 28.8 Å². The average molecular weight is 210 g/mol. The van der Waals surface area contributed by atoms with Gasteiger partial charge in [0.05, 0.1) is 0 Å². The second kappa shape index (κ2) is 4.79. The van der Waals surface area contributed by atoms with Gasteiger partial charge >= 0.3 is 0 Å². The summed E-state index contributed by atoms with van der Waals surface area (Å²) in [5.41, 5.74) is 1.41. The Balaban J connectivity index is 2.94. The quantitative estimate of drug-likeness (QED) is 0.759. The molecule has 1 nitrogen and oxygen atoms in total. The van der Waals surface area contributed by atoms with Crippen LogP contribution in [0.15, 0.2) is 24.3 Å². The SMILES string of the molecule is CC(C)P(c1ccc(O)cc1)C(C)C. The van der Waals surface area contributed by atoms with Crippen molar-refractivity contribution in [1.29, 1.82) is 0 Å². The van der Waals surface area contributed by atoms with Gasteiger partial charge in [0, 0.05) is 0 Å². The lowest BCUT2D eigenvalue weighted by atomic mass is 10.3. The van der Waals surface area contributed by atoms with E-state index >= 15 is 0 Å². The highest BCUT2D eigenvalue weighted by atomic mass is 31.1. The number of aromatic hydroxyl groups is 1. The molecule has 0 saturated carbocycles. The summed E-state index contributed by atoms with van der Waals surface area (Å²) in [4.78, 5) is 0. The van der Waals surface area contributed by atoms with Gasteiger partial charge in [-0.2, -0.15) is 0 Å². The second-order valence-electron chi connectivity index (χ2n) is 4.11. The molecular weight excluding hydrogens is 191 g/mol. The van der Waals surface area contributed by atoms with Crippen LogP contribution in [0, 0.1) is 0 Å². The van der Waals surface area contributed by atoms with E-state index in [1.807, 2.05) is 0 Å². The van der Waals surface area contributed by atoms with Crippen LogP contribution in [-0.2, 0) is 0 Å². The highest BCUT2D eigenvalue weighted by Crippen LogP contribution is 2.44. The minimum Gasteiger partial charge on any atom is -0.508 e. The standard InChI is InChI=1S/C12H19OP/c1-9(2)14(10(3)4)12-7-5-11(13)6-8-12/h5-10,13H,1-4H3. The number of benzene rings is 1. The van der Waals surface area contributed by atoms with Gasteiger partial charge in [-0.25, -0.2) is 0 Å². The Morgan fingerprint density at radius 2 is 1.36 bits per heavy atom. The zero-order valence-electron chi connectivity index (χ0n) is 9.36. The normalized spacial score (nSPS) is 11.6. The maximum Gasteiger partial charge on any atom is 0.115 e. The van der Waals surface area contributed by atoms with Gasteiger partial charge in [-0.15, -0.1) is 0 Å². The molecule has 0 heterocycles. The molecule has 0 unspecified atom stereocenters. The van der Waals surface area contributed by atoms with Gasteiger partial charge in [0.2, 0.25) is 0 Å². The summed E-state index contributed by atoms with van der Waals surface area (Å²) in [6.45, 7) is 9.11. The molecule has 1 aromatic rings. The fraction of sp³-hybridized carbons (Fsp3) is 0.500. The molecule has 0 saturated heterocycles. The van der Waals surface area contributed by atoms with Gasteiger partial charge < -0.3 is 5.11 Å². The van der Waals surface area contributed by atoms with Crippen molar-refractivity contribution in [2.24, 2.45) is 0 Å². The monoisotopic (exact) mass is 210 g/mol. The lowest BCUT2D eigenvalue weighted by Gasteiger charge is -2.26. The van der Waals surface area contributed by atoms with Gasteiger partial charge in [-0.3, -0.25) is 0 Å². The maximum absolute atomic E-state index is 9.22. The average Bonchev–Trinajstić information content (AvgIpc) is 2.07. The summed E-state index contributed by atoms with van der Waals surface area (Å²) >= 11 is 0. The molecule has 0 atom stereocenters. The first-order valence-electron chi connectivity index (χ1n) is 5.09. The molecule has 78 valence electrons. The van der Waals surface area contributed by atoms with Crippen LogP contribution in [0.5, 0.6) is 5.75 Å². The third-order valence-corrected chi connectivity index (χ3v) is 5.38. The zero-order chi connectivity index (χ0) is 10.7. The topological polar surface area (TPSA) is 20.2 Å². The summed E-state index contributed by atoms with van der Waals surface area (Å²) < 4.78 is 0. The van der Waals surface area contributed by atoms with Crippen LogP contribution in [0.25, 0.3) is 0 Å². The Hall–Kier alpha value is -0.550. The fourth-order valence-electron chi connectivity index (χ4n) is 1.82. The molecule has 0 spiro atoms. The molecule has 2 heteroatoms. The number of phenolic OH excluding ortho intramolecular Hbond substituents is 1. The van der Waals surface area contributed by atoms with Crippen molar-refractivity contribution >= 4 is 13.2 Å². The van der Waals surface area contributed by atoms with E-state index < -0.39 is 0 Å². The van der Waals surface area contributed by atoms with E-state index in [1.165, 1.54) is 5.30 Å². The van der Waals surface area contributed by atoms with E-state index in [4.69, 9.17) is 0 Å². The maximum atomic E-state index is 9.22. The van der Waals surface area contributed by atoms with Crippen molar-refractivity contribution in [3.05, 3.63) is 24.3 Å². The highest BCUT2D eigenvalue weighted by molar-refractivity contribution is 7.66. The van der Waals surface area contributed by atoms with E-state index in [0.29, 0.717) is 17.1 Å². The summed E-state index contributed by atoms with van der Waals surface area (Å²) in [6.07, 6.45) is 0. The zero-order valence-corrected chi connectivity index (χ0v) is 10.3. The Bertz CT molecular complexity index is 269. The Kier molecular flexibility index (Phi) is 3.95. The lowest BCUT2D eigenvalue weighted by Crippen LogP contribution is -2.14. The minimum absolute atomic E-state index is 0.0973. The van der Waals surface area contributed by atoms with Crippen LogP contribution >= 0.6 is 7.92 Å². The Labute approximate surface area is 87.9 Å². The third-order valence-electron chi connectivity index (χ3n) is 2.26. The van der Waals surface area contributed by atoms with Crippen LogP contribution in [0.1, 0.15) is 27.7 Å². The number of phenols is 1. The molecule has 0 aromatic heterocycles. The fourth-order valence-corrected chi connectivity index (χ4v) is 4.70. The van der Waals surface area contributed by atoms with Gasteiger partial charge in [0.25, 0.3) is 0 Å². The predicted molar refractivity (Wildman–Crippen MR) is 64.9 cm³/mol. The summed E-state index contributed by atoms with van der Waals surface area (Å²) in [5.74, 6) is 0.358. The number of rotatable bonds is 3. The molecule has 1 N–H and O–H groups in total. The van der Waals surface area contributed by atoms with Crippen molar-refractivity contribution in [1.82, 2.24) is 0 Å². The largest absolute Gasteiger partial charge is 0.508 e. The Morgan fingerprint density at radius 3 is 1.71 bits per heavy atom. The molecule has 0 amide bonds. The minimum atomic E-state index is -0.0973. The number of hydrogen-bond acceptors (Lipinski definition) is 1. The first-order valence-corrected chi connectivity index (χ1v) is 6.57. The van der Waals surface area contributed by atoms with Crippen LogP contribution in [0.2, 0.25) is 0 Å². The molecule has 0 fully saturated rings. The first kappa shape index (κ1) is 11.5. The predicted octanol–water partition coefficient (Wildman–Crippen LogP) is 3.32. The lowest BCUT2D eigenvalue weighted by molar-refractivity contribution is 0.475. The molecule has 0 aliphatic carbocycles. The van der Waals surface area contributed by atoms with E-state index in [2.05, 4.69) is 39.8 Å². The molecule has 1 rings (SSSR count). The molecular formula is C12H19OP. The smallest absolute Gasteiger partial charge is 0.115 e.